The lowest BCUT2D eigenvalue weighted by molar-refractivity contribution is 0.420. The monoisotopic (exact) mass is 141 g/mol. The van der Waals surface area contributed by atoms with E-state index in [1.54, 1.807) is 25.2 Å². The van der Waals surface area contributed by atoms with E-state index in [-0.39, 0.29) is 0 Å². The lowest BCUT2D eigenvalue weighted by Crippen LogP contribution is -2.15. The van der Waals surface area contributed by atoms with Gasteiger partial charge in [-0.1, -0.05) is 18.2 Å². The zero-order valence-corrected chi connectivity index (χ0v) is 5.99. The van der Waals surface area contributed by atoms with E-state index >= 15 is 0 Å². The number of hydrogen-bond acceptors (Lipinski definition) is 3. The molecule has 3 nitrogen and oxygen atoms in total. The molecule has 0 unspecified atom stereocenters. The fourth-order valence-corrected chi connectivity index (χ4v) is 0.588. The third-order valence-corrected chi connectivity index (χ3v) is 1.01. The molecule has 0 rings (SSSR count). The molecule has 0 aliphatic rings. The summed E-state index contributed by atoms with van der Waals surface area (Å²) in [5.41, 5.74) is 5.60. The van der Waals surface area contributed by atoms with Crippen LogP contribution >= 0.6 is 0 Å². The largest absolute Gasteiger partial charge is 0.488 e. The van der Waals surface area contributed by atoms with Crippen LogP contribution in [0.3, 0.4) is 0 Å². The molecule has 0 bridgehead atoms. The van der Waals surface area contributed by atoms with Gasteiger partial charge < -0.3 is 15.8 Å². The second-order valence-electron chi connectivity index (χ2n) is 1.81. The smallest absolute Gasteiger partial charge is 0.423 e. The number of rotatable bonds is 3. The first-order valence-corrected chi connectivity index (χ1v) is 3.11. The average molecular weight is 141 g/mol. The minimum atomic E-state index is -1.42. The van der Waals surface area contributed by atoms with Crippen LogP contribution in [-0.4, -0.2) is 23.7 Å². The van der Waals surface area contributed by atoms with Crippen molar-refractivity contribution in [2.75, 3.05) is 6.54 Å². The normalized spacial score (nSPS) is 12.6. The first-order valence-electron chi connectivity index (χ1n) is 3.11. The van der Waals surface area contributed by atoms with Crippen LogP contribution in [0, 0.1) is 0 Å². The van der Waals surface area contributed by atoms with Crippen molar-refractivity contribution < 1.29 is 10.0 Å². The van der Waals surface area contributed by atoms with Crippen LogP contribution < -0.4 is 5.73 Å². The Bertz CT molecular complexity index is 143. The molecule has 0 radical (unpaired) electrons. The molecule has 0 saturated heterocycles. The highest BCUT2D eigenvalue weighted by Crippen LogP contribution is 1.96. The Morgan fingerprint density at radius 1 is 1.60 bits per heavy atom. The molecule has 0 aromatic heterocycles. The fourth-order valence-electron chi connectivity index (χ4n) is 0.588. The Morgan fingerprint density at radius 3 is 2.50 bits per heavy atom. The van der Waals surface area contributed by atoms with E-state index in [4.69, 9.17) is 15.8 Å². The van der Waals surface area contributed by atoms with Gasteiger partial charge in [-0.15, -0.1) is 0 Å². The fraction of sp³-hybridized carbons (Fsp3) is 0.333. The Hall–Kier alpha value is -0.575. The third kappa shape index (κ3) is 3.45. The van der Waals surface area contributed by atoms with Crippen LogP contribution in [0.2, 0.25) is 0 Å². The Kier molecular flexibility index (Phi) is 4.93. The summed E-state index contributed by atoms with van der Waals surface area (Å²) in [5, 5.41) is 17.3. The topological polar surface area (TPSA) is 66.5 Å². The van der Waals surface area contributed by atoms with Crippen molar-refractivity contribution in [2.45, 2.75) is 6.92 Å². The molecule has 0 atom stereocenters. The second kappa shape index (κ2) is 5.23. The zero-order valence-electron chi connectivity index (χ0n) is 5.99. The molecule has 0 fully saturated rings. The molecule has 0 amide bonds. The van der Waals surface area contributed by atoms with Crippen LogP contribution in [0.25, 0.3) is 0 Å². The molecule has 0 heterocycles. The Balaban J connectivity index is 4.11. The second-order valence-corrected chi connectivity index (χ2v) is 1.81. The molecular weight excluding hydrogens is 129 g/mol. The summed E-state index contributed by atoms with van der Waals surface area (Å²) >= 11 is 0. The maximum Gasteiger partial charge on any atom is 0.488 e. The van der Waals surface area contributed by atoms with Gasteiger partial charge in [-0.05, 0) is 12.4 Å². The van der Waals surface area contributed by atoms with E-state index in [0.717, 1.165) is 0 Å². The molecule has 56 valence electrons. The van der Waals surface area contributed by atoms with Crippen molar-refractivity contribution in [3.05, 3.63) is 23.7 Å². The summed E-state index contributed by atoms with van der Waals surface area (Å²) in [5.74, 6) is 0. The molecule has 0 saturated carbocycles. The summed E-state index contributed by atoms with van der Waals surface area (Å²) in [6, 6.07) is 0. The van der Waals surface area contributed by atoms with Gasteiger partial charge in [0.25, 0.3) is 0 Å². The van der Waals surface area contributed by atoms with Crippen molar-refractivity contribution in [2.24, 2.45) is 5.73 Å². The maximum absolute atomic E-state index is 8.65. The minimum absolute atomic E-state index is 0.317. The van der Waals surface area contributed by atoms with Crippen LogP contribution in [0.15, 0.2) is 23.7 Å². The van der Waals surface area contributed by atoms with Crippen LogP contribution in [0.4, 0.5) is 0 Å². The van der Waals surface area contributed by atoms with Crippen molar-refractivity contribution in [1.82, 2.24) is 0 Å². The van der Waals surface area contributed by atoms with Gasteiger partial charge in [0.1, 0.15) is 0 Å². The lowest BCUT2D eigenvalue weighted by Gasteiger charge is -1.97. The molecule has 4 N–H and O–H groups in total. The third-order valence-electron chi connectivity index (χ3n) is 1.01. The highest BCUT2D eigenvalue weighted by Gasteiger charge is 2.09. The van der Waals surface area contributed by atoms with Crippen LogP contribution in [0.1, 0.15) is 6.92 Å². The van der Waals surface area contributed by atoms with Gasteiger partial charge in [-0.3, -0.25) is 0 Å². The molecule has 0 aromatic carbocycles. The standard InChI is InChI=1S/C6H12BNO2/c1-2-3-6(4-5-8)7(9)10/h2-4,9-10H,5,8H2,1H3/b3-2-,6-4+. The summed E-state index contributed by atoms with van der Waals surface area (Å²) in [7, 11) is -1.42. The molecule has 0 spiro atoms. The van der Waals surface area contributed by atoms with E-state index in [2.05, 4.69) is 0 Å². The van der Waals surface area contributed by atoms with E-state index in [0.29, 0.717) is 12.0 Å². The van der Waals surface area contributed by atoms with Crippen molar-refractivity contribution in [3.63, 3.8) is 0 Å². The molecule has 10 heavy (non-hydrogen) atoms. The highest BCUT2D eigenvalue weighted by molar-refractivity contribution is 6.51. The van der Waals surface area contributed by atoms with Crippen molar-refractivity contribution in [3.8, 4) is 0 Å². The van der Waals surface area contributed by atoms with Gasteiger partial charge >= 0.3 is 7.12 Å². The number of allylic oxidation sites excluding steroid dienone is 3. The predicted octanol–water partition coefficient (Wildman–Crippen LogP) is -0.540. The van der Waals surface area contributed by atoms with Crippen molar-refractivity contribution in [1.29, 1.82) is 0 Å². The summed E-state index contributed by atoms with van der Waals surface area (Å²) < 4.78 is 0. The quantitative estimate of drug-likeness (QED) is 0.365. The van der Waals surface area contributed by atoms with Gasteiger partial charge in [0.15, 0.2) is 0 Å². The van der Waals surface area contributed by atoms with Gasteiger partial charge in [-0.25, -0.2) is 0 Å². The SMILES string of the molecule is C/C=C\C(=C/CN)B(O)O. The summed E-state index contributed by atoms with van der Waals surface area (Å²) in [6.07, 6.45) is 4.89. The van der Waals surface area contributed by atoms with E-state index in [1.165, 1.54) is 0 Å². The van der Waals surface area contributed by atoms with E-state index < -0.39 is 7.12 Å². The minimum Gasteiger partial charge on any atom is -0.423 e. The maximum atomic E-state index is 8.65. The van der Waals surface area contributed by atoms with Gasteiger partial charge in [0, 0.05) is 6.54 Å². The van der Waals surface area contributed by atoms with Gasteiger partial charge in [-0.2, -0.15) is 0 Å². The first kappa shape index (κ1) is 9.42. The number of nitrogens with two attached hydrogens (primary N) is 1. The van der Waals surface area contributed by atoms with Crippen molar-refractivity contribution >= 4 is 7.12 Å². The van der Waals surface area contributed by atoms with Crippen LogP contribution in [-0.2, 0) is 0 Å². The Labute approximate surface area is 61.0 Å². The van der Waals surface area contributed by atoms with E-state index in [1.807, 2.05) is 0 Å². The number of hydrogen-bond donors (Lipinski definition) is 3. The highest BCUT2D eigenvalue weighted by atomic mass is 16.4. The average Bonchev–Trinajstić information content (AvgIpc) is 1.87. The van der Waals surface area contributed by atoms with Gasteiger partial charge in [0.05, 0.1) is 0 Å². The molecule has 0 aromatic rings. The lowest BCUT2D eigenvalue weighted by atomic mass is 9.79. The Morgan fingerprint density at radius 2 is 2.20 bits per heavy atom. The molecule has 0 aliphatic carbocycles. The summed E-state index contributed by atoms with van der Waals surface area (Å²) in [6.45, 7) is 2.12. The zero-order chi connectivity index (χ0) is 7.98. The molecule has 0 aliphatic heterocycles. The van der Waals surface area contributed by atoms with Crippen LogP contribution in [0.5, 0.6) is 0 Å². The summed E-state index contributed by atoms with van der Waals surface area (Å²) in [4.78, 5) is 0. The predicted molar refractivity (Wildman–Crippen MR) is 42.1 cm³/mol. The first-order chi connectivity index (χ1) is 4.72. The molecule has 4 heteroatoms. The molecular formula is C6H12BNO2. The van der Waals surface area contributed by atoms with Gasteiger partial charge in [0.2, 0.25) is 0 Å². The van der Waals surface area contributed by atoms with E-state index in [9.17, 15) is 0 Å².